The first kappa shape index (κ1) is 62.5. The van der Waals surface area contributed by atoms with Crippen LogP contribution in [0.5, 0.6) is 0 Å². The van der Waals surface area contributed by atoms with E-state index in [2.05, 4.69) is 66.3 Å². The SMILES string of the molecule is CC/C=C\C/C=C\C/C=C\C/C=C\C=C/C(O)C/C=C\CCC(=O)O[C@H](COC(=O)CCCCCCCCCCCCCCCCC(C)CC)COP(=O)(O)OC[C@@H](O)COP(=O)(O)O. The molecule has 0 saturated carbocycles. The minimum atomic E-state index is -4.89. The predicted octanol–water partition coefficient (Wildman–Crippen LogP) is 11.8. The lowest BCUT2D eigenvalue weighted by molar-refractivity contribution is -0.161. The van der Waals surface area contributed by atoms with Crippen LogP contribution in [0.3, 0.4) is 0 Å². The molecule has 0 aromatic carbocycles. The van der Waals surface area contributed by atoms with E-state index >= 15 is 0 Å². The Labute approximate surface area is 391 Å². The minimum absolute atomic E-state index is 0.0768. The van der Waals surface area contributed by atoms with Gasteiger partial charge in [0.05, 0.1) is 25.9 Å². The molecule has 5 N–H and O–H groups in total. The average Bonchev–Trinajstić information content (AvgIpc) is 3.26. The number of hydrogen-bond acceptors (Lipinski definition) is 11. The molecule has 3 unspecified atom stereocenters. The molecular formula is C49H86O14P2. The highest BCUT2D eigenvalue weighted by Gasteiger charge is 2.28. The van der Waals surface area contributed by atoms with Crippen LogP contribution in [0, 0.1) is 5.92 Å². The third-order valence-corrected chi connectivity index (χ3v) is 11.7. The Hall–Kier alpha value is -2.48. The van der Waals surface area contributed by atoms with E-state index in [4.69, 9.17) is 23.8 Å². The quantitative estimate of drug-likeness (QED) is 0.0126. The van der Waals surface area contributed by atoms with Gasteiger partial charge in [0.15, 0.2) is 6.10 Å². The maximum Gasteiger partial charge on any atom is 0.472 e. The topological polar surface area (TPSA) is 216 Å². The third-order valence-electron chi connectivity index (χ3n) is 10.2. The first-order valence-corrected chi connectivity index (χ1v) is 27.2. The van der Waals surface area contributed by atoms with Crippen molar-refractivity contribution in [1.29, 1.82) is 0 Å². The highest BCUT2D eigenvalue weighted by molar-refractivity contribution is 7.47. The Morgan fingerprint density at radius 2 is 1.09 bits per heavy atom. The minimum Gasteiger partial charge on any atom is -0.462 e. The lowest BCUT2D eigenvalue weighted by Crippen LogP contribution is -2.29. The van der Waals surface area contributed by atoms with Crippen LogP contribution in [-0.4, -0.2) is 81.6 Å². The summed E-state index contributed by atoms with van der Waals surface area (Å²) in [6.07, 6.45) is 43.5. The van der Waals surface area contributed by atoms with E-state index in [9.17, 15) is 33.8 Å². The number of phosphoric acid groups is 2. The number of ether oxygens (including phenoxy) is 2. The molecule has 0 amide bonds. The second-order valence-corrected chi connectivity index (χ2v) is 19.1. The molecule has 0 aliphatic rings. The summed E-state index contributed by atoms with van der Waals surface area (Å²) in [7, 11) is -9.75. The second-order valence-electron chi connectivity index (χ2n) is 16.5. The molecule has 0 radical (unpaired) electrons. The number of aliphatic hydroxyl groups is 2. The van der Waals surface area contributed by atoms with Gasteiger partial charge in [0.2, 0.25) is 0 Å². The molecule has 0 saturated heterocycles. The summed E-state index contributed by atoms with van der Waals surface area (Å²) >= 11 is 0. The van der Waals surface area contributed by atoms with Crippen LogP contribution in [0.25, 0.3) is 0 Å². The third kappa shape index (κ3) is 46.4. The fourth-order valence-corrected chi connectivity index (χ4v) is 7.35. The molecule has 0 aromatic heterocycles. The van der Waals surface area contributed by atoms with Crippen molar-refractivity contribution in [1.82, 2.24) is 0 Å². The van der Waals surface area contributed by atoms with Gasteiger partial charge in [-0.05, 0) is 50.9 Å². The van der Waals surface area contributed by atoms with Crippen molar-refractivity contribution in [3.05, 3.63) is 72.9 Å². The molecule has 0 aliphatic carbocycles. The molecule has 16 heteroatoms. The summed E-state index contributed by atoms with van der Waals surface area (Å²) in [5.74, 6) is -0.358. The monoisotopic (exact) mass is 961 g/mol. The van der Waals surface area contributed by atoms with Crippen LogP contribution in [0.2, 0.25) is 0 Å². The van der Waals surface area contributed by atoms with Gasteiger partial charge in [-0.1, -0.05) is 190 Å². The summed E-state index contributed by atoms with van der Waals surface area (Å²) in [6, 6.07) is 0. The Balaban J connectivity index is 4.66. The van der Waals surface area contributed by atoms with Crippen molar-refractivity contribution in [2.24, 2.45) is 5.92 Å². The van der Waals surface area contributed by atoms with Gasteiger partial charge >= 0.3 is 27.6 Å². The molecule has 0 bridgehead atoms. The first-order valence-electron chi connectivity index (χ1n) is 24.1. The molecule has 0 aromatic rings. The van der Waals surface area contributed by atoms with E-state index in [-0.39, 0.29) is 19.3 Å². The number of hydrogen-bond donors (Lipinski definition) is 5. The van der Waals surface area contributed by atoms with Crippen LogP contribution < -0.4 is 0 Å². The van der Waals surface area contributed by atoms with E-state index < -0.39 is 72.3 Å². The van der Waals surface area contributed by atoms with Crippen LogP contribution in [0.1, 0.15) is 175 Å². The maximum absolute atomic E-state index is 12.7. The lowest BCUT2D eigenvalue weighted by atomic mass is 9.99. The molecule has 65 heavy (non-hydrogen) atoms. The zero-order valence-electron chi connectivity index (χ0n) is 39.8. The summed E-state index contributed by atoms with van der Waals surface area (Å²) in [5.41, 5.74) is 0. The van der Waals surface area contributed by atoms with Gasteiger partial charge in [0.1, 0.15) is 12.7 Å². The zero-order valence-corrected chi connectivity index (χ0v) is 41.6. The Bertz CT molecular complexity index is 1450. The van der Waals surface area contributed by atoms with Gasteiger partial charge in [-0.15, -0.1) is 0 Å². The van der Waals surface area contributed by atoms with Gasteiger partial charge in [0.25, 0.3) is 0 Å². The van der Waals surface area contributed by atoms with Crippen LogP contribution in [0.4, 0.5) is 0 Å². The standard InChI is InChI=1S/C49H86O14P2/c1-4-6-7-8-9-10-11-14-18-21-24-27-31-36-45(50)37-32-29-34-39-49(53)63-47(43-62-65(57,58)61-41-46(51)40-60-64(54,55)56)42-59-48(52)38-33-28-25-22-19-16-13-12-15-17-20-23-26-30-35-44(3)5-2/h6-7,9-10,14,18,24,27,29,31-32,36,44-47,50-51H,4-5,8,11-13,15-17,19-23,25-26,28,30,33-35,37-43H2,1-3H3,(H,57,58)(H2,54,55,56)/b7-6-,10-9-,18-14-,27-24-,32-29-,36-31-/t44?,45?,46-,47+/m0/s1. The van der Waals surface area contributed by atoms with E-state index in [1.807, 2.05) is 12.2 Å². The Kier molecular flexibility index (Phi) is 41.2. The number of esters is 2. The zero-order chi connectivity index (χ0) is 48.3. The smallest absolute Gasteiger partial charge is 0.462 e. The normalized spacial score (nSPS) is 15.5. The van der Waals surface area contributed by atoms with Crippen molar-refractivity contribution in [2.75, 3.05) is 26.4 Å². The van der Waals surface area contributed by atoms with E-state index in [0.717, 1.165) is 50.9 Å². The highest BCUT2D eigenvalue weighted by atomic mass is 31.2. The lowest BCUT2D eigenvalue weighted by Gasteiger charge is -2.20. The van der Waals surface area contributed by atoms with Crippen molar-refractivity contribution in [3.63, 3.8) is 0 Å². The van der Waals surface area contributed by atoms with Gasteiger partial charge in [0, 0.05) is 12.8 Å². The molecular weight excluding hydrogens is 874 g/mol. The summed E-state index contributed by atoms with van der Waals surface area (Å²) in [6.45, 7) is 3.82. The van der Waals surface area contributed by atoms with Gasteiger partial charge in [-0.3, -0.25) is 23.2 Å². The summed E-state index contributed by atoms with van der Waals surface area (Å²) < 4.78 is 47.7. The Morgan fingerprint density at radius 3 is 1.66 bits per heavy atom. The van der Waals surface area contributed by atoms with E-state index in [1.54, 1.807) is 24.3 Å². The van der Waals surface area contributed by atoms with Crippen molar-refractivity contribution >= 4 is 27.6 Å². The van der Waals surface area contributed by atoms with Crippen molar-refractivity contribution in [3.8, 4) is 0 Å². The Morgan fingerprint density at radius 1 is 0.569 bits per heavy atom. The van der Waals surface area contributed by atoms with Gasteiger partial charge in [-0.25, -0.2) is 9.13 Å². The average molecular weight is 961 g/mol. The molecule has 0 spiro atoms. The molecule has 0 fully saturated rings. The van der Waals surface area contributed by atoms with E-state index in [0.29, 0.717) is 12.8 Å². The second kappa shape index (κ2) is 42.8. The number of carbonyl (C=O) groups excluding carboxylic acids is 2. The highest BCUT2D eigenvalue weighted by Crippen LogP contribution is 2.43. The van der Waals surface area contributed by atoms with Gasteiger partial charge < -0.3 is 34.4 Å². The van der Waals surface area contributed by atoms with E-state index in [1.165, 1.54) is 77.0 Å². The van der Waals surface area contributed by atoms with Crippen LogP contribution in [-0.2, 0) is 41.8 Å². The number of aliphatic hydroxyl groups excluding tert-OH is 2. The molecule has 5 atom stereocenters. The van der Waals surface area contributed by atoms with Gasteiger partial charge in [-0.2, -0.15) is 0 Å². The van der Waals surface area contributed by atoms with Crippen LogP contribution >= 0.6 is 15.6 Å². The largest absolute Gasteiger partial charge is 0.472 e. The predicted molar refractivity (Wildman–Crippen MR) is 259 cm³/mol. The number of allylic oxidation sites excluding steroid dienone is 10. The van der Waals surface area contributed by atoms with Crippen molar-refractivity contribution in [2.45, 2.75) is 193 Å². The fraction of sp³-hybridized carbons (Fsp3) is 0.714. The number of unbranched alkanes of at least 4 members (excludes halogenated alkanes) is 13. The van der Waals surface area contributed by atoms with Crippen LogP contribution in [0.15, 0.2) is 72.9 Å². The first-order chi connectivity index (χ1) is 31.2. The summed E-state index contributed by atoms with van der Waals surface area (Å²) in [4.78, 5) is 52.8. The summed E-state index contributed by atoms with van der Waals surface area (Å²) in [5, 5.41) is 20.0. The molecule has 376 valence electrons. The molecule has 14 nitrogen and oxygen atoms in total. The molecule has 0 aliphatic heterocycles. The molecule has 0 rings (SSSR count). The number of carbonyl (C=O) groups is 2. The maximum atomic E-state index is 12.7. The fourth-order valence-electron chi connectivity index (χ4n) is 6.20. The van der Waals surface area contributed by atoms with Crippen molar-refractivity contribution < 1.29 is 66.7 Å². The molecule has 0 heterocycles. The number of rotatable bonds is 44. The number of phosphoric ester groups is 2.